The highest BCUT2D eigenvalue weighted by Crippen LogP contribution is 2.16. The van der Waals surface area contributed by atoms with Crippen LogP contribution in [-0.4, -0.2) is 11.0 Å². The molecule has 0 saturated heterocycles. The zero-order valence-corrected chi connectivity index (χ0v) is 9.02. The van der Waals surface area contributed by atoms with Crippen molar-refractivity contribution in [3.05, 3.63) is 59.4 Å². The minimum Gasteiger partial charge on any atom is -0.423 e. The molecule has 0 radical (unpaired) electrons. The Hall–Kier alpha value is -1.87. The van der Waals surface area contributed by atoms with Crippen LogP contribution in [0.1, 0.15) is 10.4 Å². The number of ether oxygens (including phenoxy) is 1. The first-order valence-electron chi connectivity index (χ1n) is 4.65. The van der Waals surface area contributed by atoms with Gasteiger partial charge in [0.05, 0.1) is 5.56 Å². The second kappa shape index (κ2) is 4.77. The molecule has 0 aliphatic carbocycles. The highest BCUT2D eigenvalue weighted by molar-refractivity contribution is 6.32. The minimum atomic E-state index is -0.510. The van der Waals surface area contributed by atoms with Crippen LogP contribution in [0.4, 0.5) is 0 Å². The Labute approximate surface area is 97.7 Å². The van der Waals surface area contributed by atoms with Crippen LogP contribution in [0.5, 0.6) is 5.75 Å². The molecule has 0 aliphatic heterocycles. The van der Waals surface area contributed by atoms with E-state index in [0.29, 0.717) is 5.75 Å². The van der Waals surface area contributed by atoms with Crippen molar-refractivity contribution in [3.63, 3.8) is 0 Å². The van der Waals surface area contributed by atoms with E-state index in [1.165, 1.54) is 6.20 Å². The van der Waals surface area contributed by atoms with E-state index in [1.54, 1.807) is 36.4 Å². The number of benzene rings is 1. The number of esters is 1. The van der Waals surface area contributed by atoms with Gasteiger partial charge in [0.15, 0.2) is 0 Å². The number of hydrogen-bond donors (Lipinski definition) is 0. The highest BCUT2D eigenvalue weighted by atomic mass is 35.5. The molecule has 16 heavy (non-hydrogen) atoms. The van der Waals surface area contributed by atoms with Crippen LogP contribution >= 0.6 is 11.6 Å². The lowest BCUT2D eigenvalue weighted by Crippen LogP contribution is -2.09. The second-order valence-corrected chi connectivity index (χ2v) is 3.40. The third kappa shape index (κ3) is 2.38. The molecule has 80 valence electrons. The van der Waals surface area contributed by atoms with Crippen molar-refractivity contribution >= 4 is 17.6 Å². The summed E-state index contributed by atoms with van der Waals surface area (Å²) in [6.07, 6.45) is 1.52. The van der Waals surface area contributed by atoms with Gasteiger partial charge in [0, 0.05) is 6.20 Å². The number of rotatable bonds is 2. The SMILES string of the molecule is O=C(Oc1ccccc1)c1cccnc1Cl. The van der Waals surface area contributed by atoms with E-state index in [0.717, 1.165) is 0 Å². The molecule has 4 heteroatoms. The third-order valence-corrected chi connectivity index (χ3v) is 2.23. The van der Waals surface area contributed by atoms with Gasteiger partial charge in [-0.05, 0) is 24.3 Å². The smallest absolute Gasteiger partial charge is 0.346 e. The zero-order chi connectivity index (χ0) is 11.4. The number of carbonyl (C=O) groups excluding carboxylic acids is 1. The number of halogens is 1. The third-order valence-electron chi connectivity index (χ3n) is 1.93. The molecule has 0 unspecified atom stereocenters. The molecule has 0 bridgehead atoms. The van der Waals surface area contributed by atoms with Gasteiger partial charge in [0.2, 0.25) is 0 Å². The molecule has 0 saturated carbocycles. The zero-order valence-electron chi connectivity index (χ0n) is 8.26. The summed E-state index contributed by atoms with van der Waals surface area (Å²) in [5.41, 5.74) is 0.257. The molecule has 0 aliphatic rings. The molecule has 0 fully saturated rings. The second-order valence-electron chi connectivity index (χ2n) is 3.04. The summed E-state index contributed by atoms with van der Waals surface area (Å²) < 4.78 is 5.12. The lowest BCUT2D eigenvalue weighted by atomic mass is 10.3. The number of para-hydroxylation sites is 1. The van der Waals surface area contributed by atoms with Crippen molar-refractivity contribution in [1.82, 2.24) is 4.98 Å². The number of carbonyl (C=O) groups is 1. The van der Waals surface area contributed by atoms with E-state index < -0.39 is 5.97 Å². The van der Waals surface area contributed by atoms with Crippen LogP contribution in [-0.2, 0) is 0 Å². The fourth-order valence-electron chi connectivity index (χ4n) is 1.19. The normalized spacial score (nSPS) is 9.81. The maximum absolute atomic E-state index is 11.7. The number of pyridine rings is 1. The summed E-state index contributed by atoms with van der Waals surface area (Å²) in [6, 6.07) is 12.0. The van der Waals surface area contributed by atoms with E-state index in [-0.39, 0.29) is 10.7 Å². The van der Waals surface area contributed by atoms with Crippen molar-refractivity contribution < 1.29 is 9.53 Å². The summed E-state index contributed by atoms with van der Waals surface area (Å²) in [5, 5.41) is 0.142. The summed E-state index contributed by atoms with van der Waals surface area (Å²) >= 11 is 5.77. The fraction of sp³-hybridized carbons (Fsp3) is 0. The quantitative estimate of drug-likeness (QED) is 0.455. The molecular weight excluding hydrogens is 226 g/mol. The maximum Gasteiger partial charge on any atom is 0.346 e. The van der Waals surface area contributed by atoms with Gasteiger partial charge < -0.3 is 4.74 Å². The Bertz CT molecular complexity index is 499. The summed E-state index contributed by atoms with van der Waals surface area (Å²) in [4.78, 5) is 15.5. The maximum atomic E-state index is 11.7. The summed E-state index contributed by atoms with van der Waals surface area (Å²) in [6.45, 7) is 0. The van der Waals surface area contributed by atoms with Crippen molar-refractivity contribution in [2.24, 2.45) is 0 Å². The molecule has 1 heterocycles. The standard InChI is InChI=1S/C12H8ClNO2/c13-11-10(7-4-8-14-11)12(15)16-9-5-2-1-3-6-9/h1-8H. The largest absolute Gasteiger partial charge is 0.423 e. The number of hydrogen-bond acceptors (Lipinski definition) is 3. The Morgan fingerprint density at radius 1 is 1.12 bits per heavy atom. The lowest BCUT2D eigenvalue weighted by molar-refractivity contribution is 0.0734. The molecule has 3 nitrogen and oxygen atoms in total. The Morgan fingerprint density at radius 3 is 2.56 bits per heavy atom. The van der Waals surface area contributed by atoms with E-state index >= 15 is 0 Å². The molecule has 1 aromatic heterocycles. The topological polar surface area (TPSA) is 39.2 Å². The Balaban J connectivity index is 2.19. The Morgan fingerprint density at radius 2 is 1.88 bits per heavy atom. The molecular formula is C12H8ClNO2. The van der Waals surface area contributed by atoms with Crippen LogP contribution < -0.4 is 4.74 Å². The van der Waals surface area contributed by atoms with Gasteiger partial charge in [-0.25, -0.2) is 9.78 Å². The summed E-state index contributed by atoms with van der Waals surface area (Å²) in [5.74, 6) is -0.0308. The molecule has 2 aromatic rings. The van der Waals surface area contributed by atoms with Crippen molar-refractivity contribution in [3.8, 4) is 5.75 Å². The van der Waals surface area contributed by atoms with Crippen LogP contribution in [0, 0.1) is 0 Å². The molecule has 0 N–H and O–H groups in total. The first-order valence-corrected chi connectivity index (χ1v) is 5.03. The number of nitrogens with zero attached hydrogens (tertiary/aromatic N) is 1. The van der Waals surface area contributed by atoms with Crippen molar-refractivity contribution in [2.45, 2.75) is 0 Å². The van der Waals surface area contributed by atoms with Gasteiger partial charge >= 0.3 is 5.97 Å². The van der Waals surface area contributed by atoms with E-state index in [1.807, 2.05) is 6.07 Å². The van der Waals surface area contributed by atoms with Gasteiger partial charge in [0.1, 0.15) is 10.9 Å². The lowest BCUT2D eigenvalue weighted by Gasteiger charge is -2.04. The highest BCUT2D eigenvalue weighted by Gasteiger charge is 2.12. The Kier molecular flexibility index (Phi) is 3.17. The molecule has 0 amide bonds. The minimum absolute atomic E-state index is 0.142. The molecule has 0 atom stereocenters. The number of aromatic nitrogens is 1. The van der Waals surface area contributed by atoms with Crippen molar-refractivity contribution in [1.29, 1.82) is 0 Å². The monoisotopic (exact) mass is 233 g/mol. The van der Waals surface area contributed by atoms with Crippen LogP contribution in [0.3, 0.4) is 0 Å². The van der Waals surface area contributed by atoms with Crippen LogP contribution in [0.2, 0.25) is 5.15 Å². The molecule has 0 spiro atoms. The van der Waals surface area contributed by atoms with Gasteiger partial charge in [-0.1, -0.05) is 29.8 Å². The molecule has 1 aromatic carbocycles. The van der Waals surface area contributed by atoms with Gasteiger partial charge in [-0.3, -0.25) is 0 Å². The van der Waals surface area contributed by atoms with Crippen LogP contribution in [0.15, 0.2) is 48.7 Å². The van der Waals surface area contributed by atoms with Gasteiger partial charge in [0.25, 0.3) is 0 Å². The van der Waals surface area contributed by atoms with E-state index in [4.69, 9.17) is 16.3 Å². The van der Waals surface area contributed by atoms with E-state index in [9.17, 15) is 4.79 Å². The average Bonchev–Trinajstić information content (AvgIpc) is 2.31. The summed E-state index contributed by atoms with van der Waals surface area (Å²) in [7, 11) is 0. The van der Waals surface area contributed by atoms with Gasteiger partial charge in [-0.15, -0.1) is 0 Å². The predicted molar refractivity (Wildman–Crippen MR) is 60.6 cm³/mol. The predicted octanol–water partition coefficient (Wildman–Crippen LogP) is 2.95. The molecule has 2 rings (SSSR count). The van der Waals surface area contributed by atoms with E-state index in [2.05, 4.69) is 4.98 Å². The van der Waals surface area contributed by atoms with Crippen molar-refractivity contribution in [2.75, 3.05) is 0 Å². The average molecular weight is 234 g/mol. The first kappa shape index (κ1) is 10.6. The first-order chi connectivity index (χ1) is 7.77. The fourth-order valence-corrected chi connectivity index (χ4v) is 1.39. The van der Waals surface area contributed by atoms with Crippen LogP contribution in [0.25, 0.3) is 0 Å². The van der Waals surface area contributed by atoms with Gasteiger partial charge in [-0.2, -0.15) is 0 Å².